The molecular weight excluding hydrogens is 314 g/mol. The number of methoxy groups -OCH3 is 1. The molecule has 0 aromatic heterocycles. The van der Waals surface area contributed by atoms with Gasteiger partial charge in [-0.1, -0.05) is 23.8 Å². The Bertz CT molecular complexity index is 641. The van der Waals surface area contributed by atoms with Crippen molar-refractivity contribution >= 4 is 17.9 Å². The average Bonchev–Trinajstić information content (AvgIpc) is 2.59. The molecule has 1 aromatic carbocycles. The number of ether oxygens (including phenoxy) is 1. The third-order valence-electron chi connectivity index (χ3n) is 4.57. The number of rotatable bonds is 7. The molecule has 0 spiro atoms. The van der Waals surface area contributed by atoms with Gasteiger partial charge in [0.25, 0.3) is 0 Å². The standard InChI is InChI=1S/C21H29NO3/c1-21(2,24)14-6-7-16-10-12-17(13-11-16)15-22-19-9-5-4-8-18(19)20(23)25-3/h4-5,8-10,15,17,24H,6-7,11-14H2,1-3H3/b22-15+. The summed E-state index contributed by atoms with van der Waals surface area (Å²) >= 11 is 0. The summed E-state index contributed by atoms with van der Waals surface area (Å²) < 4.78 is 4.80. The molecular formula is C21H29NO3. The molecule has 1 aliphatic rings. The van der Waals surface area contributed by atoms with Crippen LogP contribution < -0.4 is 0 Å². The van der Waals surface area contributed by atoms with Crippen molar-refractivity contribution in [2.75, 3.05) is 7.11 Å². The summed E-state index contributed by atoms with van der Waals surface area (Å²) in [6.45, 7) is 3.72. The Morgan fingerprint density at radius 1 is 1.40 bits per heavy atom. The predicted molar refractivity (Wildman–Crippen MR) is 102 cm³/mol. The van der Waals surface area contributed by atoms with Gasteiger partial charge in [0, 0.05) is 6.21 Å². The van der Waals surface area contributed by atoms with Gasteiger partial charge in [-0.3, -0.25) is 4.99 Å². The number of esters is 1. The zero-order chi connectivity index (χ0) is 18.3. The van der Waals surface area contributed by atoms with Crippen molar-refractivity contribution < 1.29 is 14.6 Å². The Morgan fingerprint density at radius 3 is 2.80 bits per heavy atom. The molecule has 0 saturated carbocycles. The molecule has 1 atom stereocenters. The molecule has 4 heteroatoms. The molecule has 0 heterocycles. The summed E-state index contributed by atoms with van der Waals surface area (Å²) in [5.41, 5.74) is 2.08. The highest BCUT2D eigenvalue weighted by Crippen LogP contribution is 2.28. The Labute approximate surface area is 150 Å². The first-order valence-electron chi connectivity index (χ1n) is 9.01. The fraction of sp³-hybridized carbons (Fsp3) is 0.524. The van der Waals surface area contributed by atoms with Crippen molar-refractivity contribution in [2.24, 2.45) is 10.9 Å². The van der Waals surface area contributed by atoms with Gasteiger partial charge in [0.1, 0.15) is 0 Å². The van der Waals surface area contributed by atoms with Crippen LogP contribution in [-0.2, 0) is 4.74 Å². The molecule has 1 aromatic rings. The highest BCUT2D eigenvalue weighted by atomic mass is 16.5. The van der Waals surface area contributed by atoms with Crippen molar-refractivity contribution in [3.05, 3.63) is 41.5 Å². The van der Waals surface area contributed by atoms with Crippen LogP contribution in [0, 0.1) is 5.92 Å². The smallest absolute Gasteiger partial charge is 0.340 e. The molecule has 2 rings (SSSR count). The van der Waals surface area contributed by atoms with Crippen LogP contribution in [0.3, 0.4) is 0 Å². The molecule has 1 aliphatic carbocycles. The maximum absolute atomic E-state index is 11.8. The average molecular weight is 343 g/mol. The maximum atomic E-state index is 11.8. The first-order chi connectivity index (χ1) is 11.9. The normalized spacial score (nSPS) is 18.2. The Morgan fingerprint density at radius 2 is 2.16 bits per heavy atom. The van der Waals surface area contributed by atoms with Crippen molar-refractivity contribution in [2.45, 2.75) is 58.0 Å². The van der Waals surface area contributed by atoms with E-state index in [1.165, 1.54) is 12.7 Å². The summed E-state index contributed by atoms with van der Waals surface area (Å²) in [4.78, 5) is 16.3. The van der Waals surface area contributed by atoms with Gasteiger partial charge in [-0.15, -0.1) is 0 Å². The molecule has 0 saturated heterocycles. The zero-order valence-electron chi connectivity index (χ0n) is 15.5. The van der Waals surface area contributed by atoms with Gasteiger partial charge in [-0.2, -0.15) is 0 Å². The van der Waals surface area contributed by atoms with Crippen molar-refractivity contribution in [3.63, 3.8) is 0 Å². The Hall–Kier alpha value is -1.94. The van der Waals surface area contributed by atoms with E-state index in [0.29, 0.717) is 17.2 Å². The fourth-order valence-corrected chi connectivity index (χ4v) is 3.07. The molecule has 1 N–H and O–H groups in total. The van der Waals surface area contributed by atoms with E-state index in [-0.39, 0.29) is 5.97 Å². The van der Waals surface area contributed by atoms with Gasteiger partial charge in [-0.25, -0.2) is 4.79 Å². The van der Waals surface area contributed by atoms with E-state index >= 15 is 0 Å². The van der Waals surface area contributed by atoms with Crippen LogP contribution in [0.1, 0.15) is 62.7 Å². The van der Waals surface area contributed by atoms with Gasteiger partial charge in [-0.05, 0) is 70.4 Å². The summed E-state index contributed by atoms with van der Waals surface area (Å²) in [6.07, 6.45) is 10.4. The van der Waals surface area contributed by atoms with Crippen LogP contribution in [-0.4, -0.2) is 30.0 Å². The summed E-state index contributed by atoms with van der Waals surface area (Å²) in [5, 5.41) is 9.78. The molecule has 0 bridgehead atoms. The van der Waals surface area contributed by atoms with Gasteiger partial charge >= 0.3 is 5.97 Å². The number of para-hydroxylation sites is 1. The second-order valence-corrected chi connectivity index (χ2v) is 7.35. The Balaban J connectivity index is 1.89. The minimum Gasteiger partial charge on any atom is -0.465 e. The van der Waals surface area contributed by atoms with Crippen LogP contribution in [0.2, 0.25) is 0 Å². The van der Waals surface area contributed by atoms with Crippen LogP contribution in [0.15, 0.2) is 40.9 Å². The minimum atomic E-state index is -0.572. The molecule has 136 valence electrons. The number of allylic oxidation sites excluding steroid dienone is 2. The number of benzene rings is 1. The molecule has 25 heavy (non-hydrogen) atoms. The number of carbonyl (C=O) groups excluding carboxylic acids is 1. The number of hydrogen-bond donors (Lipinski definition) is 1. The van der Waals surface area contributed by atoms with E-state index in [0.717, 1.165) is 38.5 Å². The largest absolute Gasteiger partial charge is 0.465 e. The SMILES string of the molecule is COC(=O)c1ccccc1/N=C/C1CC=C(CCCC(C)(C)O)CC1. The molecule has 0 aliphatic heterocycles. The lowest BCUT2D eigenvalue weighted by Gasteiger charge is -2.21. The van der Waals surface area contributed by atoms with E-state index in [1.54, 1.807) is 6.07 Å². The van der Waals surface area contributed by atoms with Crippen LogP contribution >= 0.6 is 0 Å². The van der Waals surface area contributed by atoms with E-state index in [1.807, 2.05) is 38.3 Å². The van der Waals surface area contributed by atoms with Crippen molar-refractivity contribution in [3.8, 4) is 0 Å². The molecule has 4 nitrogen and oxygen atoms in total. The van der Waals surface area contributed by atoms with Crippen LogP contribution in [0.4, 0.5) is 5.69 Å². The topological polar surface area (TPSA) is 58.9 Å². The van der Waals surface area contributed by atoms with E-state index in [2.05, 4.69) is 11.1 Å². The molecule has 1 unspecified atom stereocenters. The first kappa shape index (κ1) is 19.4. The summed E-state index contributed by atoms with van der Waals surface area (Å²) in [6, 6.07) is 7.26. The van der Waals surface area contributed by atoms with Gasteiger partial charge in [0.15, 0.2) is 0 Å². The minimum absolute atomic E-state index is 0.356. The number of carbonyl (C=O) groups is 1. The van der Waals surface area contributed by atoms with Crippen LogP contribution in [0.25, 0.3) is 0 Å². The fourth-order valence-electron chi connectivity index (χ4n) is 3.07. The summed E-state index contributed by atoms with van der Waals surface area (Å²) in [7, 11) is 1.38. The van der Waals surface area contributed by atoms with Gasteiger partial charge in [0.2, 0.25) is 0 Å². The summed E-state index contributed by atoms with van der Waals surface area (Å²) in [5.74, 6) is 0.0501. The third kappa shape index (κ3) is 6.46. The maximum Gasteiger partial charge on any atom is 0.340 e. The second-order valence-electron chi connectivity index (χ2n) is 7.35. The third-order valence-corrected chi connectivity index (χ3v) is 4.57. The predicted octanol–water partition coefficient (Wildman–Crippen LogP) is 4.84. The highest BCUT2D eigenvalue weighted by Gasteiger charge is 2.16. The van der Waals surface area contributed by atoms with Gasteiger partial charge in [0.05, 0.1) is 24.0 Å². The lowest BCUT2D eigenvalue weighted by Crippen LogP contribution is -2.18. The number of nitrogens with zero attached hydrogens (tertiary/aromatic N) is 1. The monoisotopic (exact) mass is 343 g/mol. The Kier molecular flexibility index (Phi) is 6.94. The van der Waals surface area contributed by atoms with E-state index < -0.39 is 5.60 Å². The zero-order valence-corrected chi connectivity index (χ0v) is 15.5. The molecule has 0 radical (unpaired) electrons. The number of aliphatic imine (C=N–C) groups is 1. The number of hydrogen-bond acceptors (Lipinski definition) is 4. The highest BCUT2D eigenvalue weighted by molar-refractivity contribution is 5.95. The van der Waals surface area contributed by atoms with Crippen molar-refractivity contribution in [1.29, 1.82) is 0 Å². The van der Waals surface area contributed by atoms with Gasteiger partial charge < -0.3 is 9.84 Å². The molecule has 0 fully saturated rings. The quantitative estimate of drug-likeness (QED) is 0.438. The first-order valence-corrected chi connectivity index (χ1v) is 9.01. The van der Waals surface area contributed by atoms with E-state index in [9.17, 15) is 9.90 Å². The molecule has 0 amide bonds. The lowest BCUT2D eigenvalue weighted by atomic mass is 9.87. The van der Waals surface area contributed by atoms with Crippen molar-refractivity contribution in [1.82, 2.24) is 0 Å². The van der Waals surface area contributed by atoms with E-state index in [4.69, 9.17) is 4.74 Å². The van der Waals surface area contributed by atoms with Crippen LogP contribution in [0.5, 0.6) is 0 Å². The second kappa shape index (κ2) is 8.95. The number of aliphatic hydroxyl groups is 1. The lowest BCUT2D eigenvalue weighted by molar-refractivity contribution is 0.0601.